The SMILES string of the molecule is CN1CCCC1CCNC(=O)c1ccc(-c2c(F)cnc3[nH]c4cnc(-c5cccnc5)cc4c23)cc1. The fourth-order valence-electron chi connectivity index (χ4n) is 5.28. The third kappa shape index (κ3) is 4.44. The number of hydrogen-bond donors (Lipinski definition) is 2. The molecule has 7 nitrogen and oxygen atoms in total. The number of pyridine rings is 3. The van der Waals surface area contributed by atoms with Crippen molar-refractivity contribution in [2.75, 3.05) is 20.1 Å². The Kier molecular flexibility index (Phi) is 6.10. The van der Waals surface area contributed by atoms with Gasteiger partial charge in [-0.15, -0.1) is 0 Å². The van der Waals surface area contributed by atoms with Crippen molar-refractivity contribution in [3.8, 4) is 22.4 Å². The van der Waals surface area contributed by atoms with Gasteiger partial charge in [-0.05, 0) is 68.8 Å². The maximum absolute atomic E-state index is 15.3. The summed E-state index contributed by atoms with van der Waals surface area (Å²) >= 11 is 0. The number of nitrogens with one attached hydrogen (secondary N) is 2. The van der Waals surface area contributed by atoms with E-state index in [1.165, 1.54) is 19.0 Å². The molecule has 1 fully saturated rings. The summed E-state index contributed by atoms with van der Waals surface area (Å²) in [7, 11) is 2.14. The van der Waals surface area contributed by atoms with Crippen LogP contribution in [0.25, 0.3) is 44.3 Å². The predicted molar refractivity (Wildman–Crippen MR) is 143 cm³/mol. The molecular weight excluding hydrogens is 467 g/mol. The monoisotopic (exact) mass is 494 g/mol. The number of hydrogen-bond acceptors (Lipinski definition) is 5. The van der Waals surface area contributed by atoms with Crippen molar-refractivity contribution in [1.82, 2.24) is 30.2 Å². The first-order valence-corrected chi connectivity index (χ1v) is 12.5. The second kappa shape index (κ2) is 9.71. The van der Waals surface area contributed by atoms with Gasteiger partial charge in [0.1, 0.15) is 11.5 Å². The zero-order valence-electron chi connectivity index (χ0n) is 20.5. The fraction of sp³-hybridized carbons (Fsp3) is 0.241. The Morgan fingerprint density at radius 2 is 2.00 bits per heavy atom. The Morgan fingerprint density at radius 1 is 1.14 bits per heavy atom. The van der Waals surface area contributed by atoms with Crippen molar-refractivity contribution in [1.29, 1.82) is 0 Å². The molecule has 1 aromatic carbocycles. The van der Waals surface area contributed by atoms with Crippen LogP contribution in [0.4, 0.5) is 4.39 Å². The highest BCUT2D eigenvalue weighted by atomic mass is 19.1. The molecule has 5 aromatic rings. The highest BCUT2D eigenvalue weighted by Crippen LogP contribution is 2.36. The molecule has 5 heterocycles. The molecule has 37 heavy (non-hydrogen) atoms. The summed E-state index contributed by atoms with van der Waals surface area (Å²) in [5.41, 5.74) is 4.63. The van der Waals surface area contributed by atoms with Gasteiger partial charge in [0.05, 0.1) is 23.6 Å². The van der Waals surface area contributed by atoms with Crippen LogP contribution >= 0.6 is 0 Å². The van der Waals surface area contributed by atoms with Crippen LogP contribution in [0.3, 0.4) is 0 Å². The van der Waals surface area contributed by atoms with Crippen LogP contribution in [0.15, 0.2) is 67.3 Å². The van der Waals surface area contributed by atoms with Gasteiger partial charge in [0.25, 0.3) is 5.91 Å². The third-order valence-corrected chi connectivity index (χ3v) is 7.29. The number of rotatable bonds is 6. The molecule has 0 radical (unpaired) electrons. The lowest BCUT2D eigenvalue weighted by Gasteiger charge is -2.19. The lowest BCUT2D eigenvalue weighted by atomic mass is 9.99. The van der Waals surface area contributed by atoms with E-state index >= 15 is 4.39 Å². The van der Waals surface area contributed by atoms with Crippen LogP contribution in [0.2, 0.25) is 0 Å². The molecule has 0 saturated carbocycles. The molecule has 1 atom stereocenters. The van der Waals surface area contributed by atoms with E-state index in [1.807, 2.05) is 18.2 Å². The quantitative estimate of drug-likeness (QED) is 0.339. The van der Waals surface area contributed by atoms with Crippen LogP contribution < -0.4 is 5.32 Å². The van der Waals surface area contributed by atoms with E-state index in [-0.39, 0.29) is 5.91 Å². The molecule has 1 aliphatic heterocycles. The van der Waals surface area contributed by atoms with E-state index in [0.717, 1.165) is 35.1 Å². The topological polar surface area (TPSA) is 86.8 Å². The minimum atomic E-state index is -0.425. The van der Waals surface area contributed by atoms with E-state index in [0.29, 0.717) is 40.3 Å². The van der Waals surface area contributed by atoms with E-state index in [1.54, 1.807) is 42.9 Å². The second-order valence-electron chi connectivity index (χ2n) is 9.59. The minimum absolute atomic E-state index is 0.119. The number of carbonyl (C=O) groups excluding carboxylic acids is 1. The first-order chi connectivity index (χ1) is 18.1. The van der Waals surface area contributed by atoms with Gasteiger partial charge in [-0.3, -0.25) is 14.8 Å². The number of halogens is 1. The summed E-state index contributed by atoms with van der Waals surface area (Å²) in [5, 5.41) is 4.53. The van der Waals surface area contributed by atoms with Gasteiger partial charge in [-0.2, -0.15) is 0 Å². The molecule has 2 N–H and O–H groups in total. The van der Waals surface area contributed by atoms with Crippen LogP contribution in [-0.4, -0.2) is 56.9 Å². The standard InChI is InChI=1S/C29H27FN6O/c1-36-13-3-5-21(36)10-12-32-29(37)19-8-6-18(7-9-19)26-23(30)16-34-28-27(26)22-14-24(33-17-25(22)35-28)20-4-2-11-31-15-20/h2,4,6-9,11,14-17,21H,3,5,10,12-13H2,1H3,(H,32,37)(H,34,35). The molecule has 0 aliphatic carbocycles. The van der Waals surface area contributed by atoms with Crippen molar-refractivity contribution < 1.29 is 9.18 Å². The maximum Gasteiger partial charge on any atom is 0.251 e. The van der Waals surface area contributed by atoms with Crippen molar-refractivity contribution in [3.05, 3.63) is 78.6 Å². The van der Waals surface area contributed by atoms with Gasteiger partial charge in [0, 0.05) is 52.4 Å². The first-order valence-electron chi connectivity index (χ1n) is 12.5. The lowest BCUT2D eigenvalue weighted by Crippen LogP contribution is -2.31. The average Bonchev–Trinajstić information content (AvgIpc) is 3.51. The maximum atomic E-state index is 15.3. The summed E-state index contributed by atoms with van der Waals surface area (Å²) in [6.07, 6.45) is 9.76. The Labute approximate surface area is 213 Å². The molecule has 1 aliphatic rings. The van der Waals surface area contributed by atoms with Gasteiger partial charge >= 0.3 is 0 Å². The first kappa shape index (κ1) is 23.2. The van der Waals surface area contributed by atoms with Crippen molar-refractivity contribution in [2.45, 2.75) is 25.3 Å². The van der Waals surface area contributed by atoms with Gasteiger partial charge in [-0.25, -0.2) is 9.37 Å². The number of amides is 1. The summed E-state index contributed by atoms with van der Waals surface area (Å²) in [4.78, 5) is 31.3. The zero-order chi connectivity index (χ0) is 25.4. The number of aromatic nitrogens is 4. The van der Waals surface area contributed by atoms with Crippen LogP contribution in [0.5, 0.6) is 0 Å². The number of nitrogens with zero attached hydrogens (tertiary/aromatic N) is 4. The van der Waals surface area contributed by atoms with Gasteiger partial charge in [-0.1, -0.05) is 12.1 Å². The zero-order valence-corrected chi connectivity index (χ0v) is 20.5. The molecule has 6 rings (SSSR count). The molecule has 8 heteroatoms. The van der Waals surface area contributed by atoms with Gasteiger partial charge in [0.15, 0.2) is 0 Å². The van der Waals surface area contributed by atoms with Crippen molar-refractivity contribution in [2.24, 2.45) is 0 Å². The van der Waals surface area contributed by atoms with E-state index in [4.69, 9.17) is 0 Å². The highest BCUT2D eigenvalue weighted by Gasteiger charge is 2.21. The van der Waals surface area contributed by atoms with Crippen LogP contribution in [0, 0.1) is 5.82 Å². The molecule has 186 valence electrons. The van der Waals surface area contributed by atoms with Crippen molar-refractivity contribution in [3.63, 3.8) is 0 Å². The third-order valence-electron chi connectivity index (χ3n) is 7.29. The van der Waals surface area contributed by atoms with E-state index < -0.39 is 5.82 Å². The molecule has 0 spiro atoms. The smallest absolute Gasteiger partial charge is 0.251 e. The highest BCUT2D eigenvalue weighted by molar-refractivity contribution is 6.13. The van der Waals surface area contributed by atoms with Crippen LogP contribution in [0.1, 0.15) is 29.6 Å². The number of carbonyl (C=O) groups is 1. The Bertz CT molecular complexity index is 1580. The summed E-state index contributed by atoms with van der Waals surface area (Å²) in [6.45, 7) is 1.76. The fourth-order valence-corrected chi connectivity index (χ4v) is 5.28. The Balaban J connectivity index is 1.30. The van der Waals surface area contributed by atoms with Gasteiger partial charge < -0.3 is 15.2 Å². The lowest BCUT2D eigenvalue weighted by molar-refractivity contribution is 0.0950. The van der Waals surface area contributed by atoms with E-state index in [2.05, 4.69) is 37.2 Å². The van der Waals surface area contributed by atoms with Crippen LogP contribution in [-0.2, 0) is 0 Å². The molecule has 1 saturated heterocycles. The minimum Gasteiger partial charge on any atom is -0.352 e. The molecule has 4 aromatic heterocycles. The Hall–Kier alpha value is -4.17. The number of likely N-dealkylation sites (tertiary alicyclic amines) is 1. The Morgan fingerprint density at radius 3 is 2.76 bits per heavy atom. The summed E-state index contributed by atoms with van der Waals surface area (Å²) in [5.74, 6) is -0.544. The molecular formula is C29H27FN6O. The van der Waals surface area contributed by atoms with Crippen molar-refractivity contribution >= 4 is 27.8 Å². The predicted octanol–water partition coefficient (Wildman–Crippen LogP) is 5.19. The normalized spacial score (nSPS) is 16.0. The molecule has 1 amide bonds. The number of benzene rings is 1. The van der Waals surface area contributed by atoms with E-state index in [9.17, 15) is 4.79 Å². The largest absolute Gasteiger partial charge is 0.352 e. The molecule has 0 bridgehead atoms. The number of aromatic amines is 1. The number of fused-ring (bicyclic) bond motifs is 3. The summed E-state index contributed by atoms with van der Waals surface area (Å²) in [6, 6.07) is 13.3. The average molecular weight is 495 g/mol. The van der Waals surface area contributed by atoms with Gasteiger partial charge in [0.2, 0.25) is 0 Å². The summed E-state index contributed by atoms with van der Waals surface area (Å²) < 4.78 is 15.3. The number of H-pyrrole nitrogens is 1. The second-order valence-corrected chi connectivity index (χ2v) is 9.59. The molecule has 1 unspecified atom stereocenters.